The zero-order chi connectivity index (χ0) is 14.5. The molecule has 2 aromatic carbocycles. The van der Waals surface area contributed by atoms with Gasteiger partial charge in [-0.15, -0.1) is 0 Å². The van der Waals surface area contributed by atoms with Crippen molar-refractivity contribution in [1.29, 1.82) is 0 Å². The predicted molar refractivity (Wildman–Crippen MR) is 75.8 cm³/mol. The Morgan fingerprint density at radius 3 is 2.45 bits per heavy atom. The number of rotatable bonds is 5. The molecule has 0 aliphatic carbocycles. The lowest BCUT2D eigenvalue weighted by Crippen LogP contribution is -1.99. The van der Waals surface area contributed by atoms with Crippen molar-refractivity contribution in [1.82, 2.24) is 0 Å². The Kier molecular flexibility index (Phi) is 4.25. The molecule has 2 aromatic rings. The van der Waals surface area contributed by atoms with Crippen LogP contribution in [0.3, 0.4) is 0 Å². The van der Waals surface area contributed by atoms with Gasteiger partial charge in [0.1, 0.15) is 5.75 Å². The minimum Gasteiger partial charge on any atom is -0.490 e. The van der Waals surface area contributed by atoms with Gasteiger partial charge in [-0.3, -0.25) is 0 Å². The minimum absolute atomic E-state index is 0.194. The summed E-state index contributed by atoms with van der Waals surface area (Å²) in [5.41, 5.74) is 1.06. The van der Waals surface area contributed by atoms with Crippen molar-refractivity contribution in [3.8, 4) is 17.2 Å². The Morgan fingerprint density at radius 2 is 1.80 bits per heavy atom. The van der Waals surface area contributed by atoms with Crippen molar-refractivity contribution in [2.24, 2.45) is 0 Å². The van der Waals surface area contributed by atoms with Gasteiger partial charge < -0.3 is 14.6 Å². The van der Waals surface area contributed by atoms with E-state index in [2.05, 4.69) is 0 Å². The maximum atomic E-state index is 11.0. The van der Waals surface area contributed by atoms with Crippen LogP contribution in [0.5, 0.6) is 17.2 Å². The molecule has 0 fully saturated rings. The number of carbonyl (C=O) groups is 1. The number of ether oxygens (including phenoxy) is 2. The van der Waals surface area contributed by atoms with E-state index < -0.39 is 5.97 Å². The van der Waals surface area contributed by atoms with Crippen molar-refractivity contribution < 1.29 is 19.4 Å². The fraction of sp³-hybridized carbons (Fsp3) is 0.188. The Bertz CT molecular complexity index is 620. The Hall–Kier alpha value is -2.49. The molecule has 0 aromatic heterocycles. The van der Waals surface area contributed by atoms with Crippen molar-refractivity contribution in [3.05, 3.63) is 53.6 Å². The summed E-state index contributed by atoms with van der Waals surface area (Å²) in [5.74, 6) is 0.736. The second-order valence-electron chi connectivity index (χ2n) is 4.27. The van der Waals surface area contributed by atoms with Crippen LogP contribution >= 0.6 is 0 Å². The summed E-state index contributed by atoms with van der Waals surface area (Å²) in [5, 5.41) is 9.02. The first kappa shape index (κ1) is 13.9. The summed E-state index contributed by atoms with van der Waals surface area (Å²) in [6.45, 7) is 4.30. The highest BCUT2D eigenvalue weighted by Gasteiger charge is 2.10. The van der Waals surface area contributed by atoms with Crippen LogP contribution in [0.25, 0.3) is 0 Å². The molecule has 0 heterocycles. The molecule has 0 saturated carbocycles. The monoisotopic (exact) mass is 272 g/mol. The maximum Gasteiger partial charge on any atom is 0.335 e. The van der Waals surface area contributed by atoms with Crippen molar-refractivity contribution >= 4 is 5.97 Å². The van der Waals surface area contributed by atoms with Crippen LogP contribution in [-0.4, -0.2) is 17.7 Å². The van der Waals surface area contributed by atoms with Crippen LogP contribution in [0.15, 0.2) is 42.5 Å². The number of hydrogen-bond acceptors (Lipinski definition) is 3. The number of hydrogen-bond donors (Lipinski definition) is 1. The fourth-order valence-electron chi connectivity index (χ4n) is 1.77. The molecule has 0 bridgehead atoms. The Labute approximate surface area is 117 Å². The summed E-state index contributed by atoms with van der Waals surface area (Å²) in [7, 11) is 0. The van der Waals surface area contributed by atoms with Gasteiger partial charge in [-0.25, -0.2) is 4.79 Å². The first-order chi connectivity index (χ1) is 9.61. The predicted octanol–water partition coefficient (Wildman–Crippen LogP) is 3.88. The van der Waals surface area contributed by atoms with Crippen LogP contribution in [-0.2, 0) is 0 Å². The van der Waals surface area contributed by atoms with Gasteiger partial charge in [0, 0.05) is 0 Å². The lowest BCUT2D eigenvalue weighted by atomic mass is 10.1. The summed E-state index contributed by atoms with van der Waals surface area (Å²) < 4.78 is 11.3. The van der Waals surface area contributed by atoms with Crippen LogP contribution in [0.2, 0.25) is 0 Å². The first-order valence-corrected chi connectivity index (χ1v) is 6.35. The quantitative estimate of drug-likeness (QED) is 0.897. The second kappa shape index (κ2) is 6.10. The van der Waals surface area contributed by atoms with E-state index in [1.807, 2.05) is 32.0 Å². The van der Waals surface area contributed by atoms with E-state index in [1.165, 1.54) is 6.07 Å². The van der Waals surface area contributed by atoms with E-state index >= 15 is 0 Å². The molecular weight excluding hydrogens is 256 g/mol. The Balaban J connectivity index is 2.34. The minimum atomic E-state index is -0.979. The highest BCUT2D eigenvalue weighted by molar-refractivity contribution is 5.88. The molecule has 0 radical (unpaired) electrons. The third kappa shape index (κ3) is 3.09. The Morgan fingerprint density at radius 1 is 1.10 bits per heavy atom. The van der Waals surface area contributed by atoms with E-state index in [-0.39, 0.29) is 5.56 Å². The third-order valence-electron chi connectivity index (χ3n) is 2.80. The molecule has 0 spiro atoms. The smallest absolute Gasteiger partial charge is 0.335 e. The van der Waals surface area contributed by atoms with Crippen molar-refractivity contribution in [3.63, 3.8) is 0 Å². The molecule has 0 atom stereocenters. The first-order valence-electron chi connectivity index (χ1n) is 6.35. The van der Waals surface area contributed by atoms with Crippen LogP contribution < -0.4 is 9.47 Å². The second-order valence-corrected chi connectivity index (χ2v) is 4.27. The lowest BCUT2D eigenvalue weighted by molar-refractivity contribution is 0.0696. The van der Waals surface area contributed by atoms with Gasteiger partial charge in [0.25, 0.3) is 0 Å². The molecule has 4 nitrogen and oxygen atoms in total. The molecule has 4 heteroatoms. The molecular formula is C16H16O4. The van der Waals surface area contributed by atoms with Crippen LogP contribution in [0.4, 0.5) is 0 Å². The average molecular weight is 272 g/mol. The van der Waals surface area contributed by atoms with E-state index in [1.54, 1.807) is 18.2 Å². The van der Waals surface area contributed by atoms with Gasteiger partial charge >= 0.3 is 5.97 Å². The lowest BCUT2D eigenvalue weighted by Gasteiger charge is -2.13. The van der Waals surface area contributed by atoms with Gasteiger partial charge in [-0.05, 0) is 43.7 Å². The molecule has 0 aliphatic heterocycles. The van der Waals surface area contributed by atoms with Gasteiger partial charge in [0.15, 0.2) is 11.5 Å². The normalized spacial score (nSPS) is 10.1. The van der Waals surface area contributed by atoms with Gasteiger partial charge in [-0.1, -0.05) is 18.2 Å². The van der Waals surface area contributed by atoms with Gasteiger partial charge in [0.05, 0.1) is 12.2 Å². The van der Waals surface area contributed by atoms with Crippen LogP contribution in [0, 0.1) is 6.92 Å². The number of carboxylic acid groups (broad SMARTS) is 1. The molecule has 0 saturated heterocycles. The topological polar surface area (TPSA) is 55.8 Å². The molecule has 0 unspecified atom stereocenters. The largest absolute Gasteiger partial charge is 0.490 e. The summed E-state index contributed by atoms with van der Waals surface area (Å²) in [6.07, 6.45) is 0. The molecule has 0 amide bonds. The van der Waals surface area contributed by atoms with Crippen molar-refractivity contribution in [2.75, 3.05) is 6.61 Å². The van der Waals surface area contributed by atoms with Crippen molar-refractivity contribution in [2.45, 2.75) is 13.8 Å². The highest BCUT2D eigenvalue weighted by atomic mass is 16.5. The molecule has 0 aliphatic rings. The standard InChI is InChI=1S/C16H16O4/c1-3-19-13-6-4-5-7-14(13)20-15-10-12(16(17)18)9-8-11(15)2/h4-10H,3H2,1-2H3,(H,17,18). The molecule has 104 valence electrons. The van der Waals surface area contributed by atoms with Gasteiger partial charge in [-0.2, -0.15) is 0 Å². The van der Waals surface area contributed by atoms with Gasteiger partial charge in [0.2, 0.25) is 0 Å². The molecule has 2 rings (SSSR count). The van der Waals surface area contributed by atoms with E-state index in [0.717, 1.165) is 5.56 Å². The summed E-state index contributed by atoms with van der Waals surface area (Å²) >= 11 is 0. The third-order valence-corrected chi connectivity index (χ3v) is 2.80. The zero-order valence-electron chi connectivity index (χ0n) is 11.4. The summed E-state index contributed by atoms with van der Waals surface area (Å²) in [4.78, 5) is 11.0. The molecule has 1 N–H and O–H groups in total. The number of benzene rings is 2. The van der Waals surface area contributed by atoms with E-state index in [4.69, 9.17) is 14.6 Å². The number of aromatic carboxylic acids is 1. The zero-order valence-corrected chi connectivity index (χ0v) is 11.4. The van der Waals surface area contributed by atoms with E-state index in [9.17, 15) is 4.79 Å². The SMILES string of the molecule is CCOc1ccccc1Oc1cc(C(=O)O)ccc1C. The number of aryl methyl sites for hydroxylation is 1. The average Bonchev–Trinajstić information content (AvgIpc) is 2.43. The number of carboxylic acids is 1. The fourth-order valence-corrected chi connectivity index (χ4v) is 1.77. The molecule has 20 heavy (non-hydrogen) atoms. The van der Waals surface area contributed by atoms with Crippen LogP contribution in [0.1, 0.15) is 22.8 Å². The van der Waals surface area contributed by atoms with E-state index in [0.29, 0.717) is 23.9 Å². The number of para-hydroxylation sites is 2. The maximum absolute atomic E-state index is 11.0. The highest BCUT2D eigenvalue weighted by Crippen LogP contribution is 2.33. The summed E-state index contributed by atoms with van der Waals surface area (Å²) in [6, 6.07) is 12.1.